The molecule has 7 heteroatoms. The number of halogens is 2. The number of hydrogen-bond acceptors (Lipinski definition) is 4. The SMILES string of the molecule is O=C1CCCN1CCN1CCC(OCCc2csc(CC(F)F)c2)CC1. The zero-order valence-corrected chi connectivity index (χ0v) is 16.0. The van der Waals surface area contributed by atoms with Crippen molar-refractivity contribution in [3.8, 4) is 0 Å². The average Bonchev–Trinajstić information content (AvgIpc) is 3.22. The molecule has 0 bridgehead atoms. The van der Waals surface area contributed by atoms with Crippen LogP contribution in [-0.2, 0) is 22.4 Å². The summed E-state index contributed by atoms with van der Waals surface area (Å²) in [5.74, 6) is 0.299. The molecule has 2 fully saturated rings. The molecule has 26 heavy (non-hydrogen) atoms. The first-order valence-electron chi connectivity index (χ1n) is 9.56. The van der Waals surface area contributed by atoms with E-state index in [1.807, 2.05) is 16.3 Å². The molecule has 1 aromatic heterocycles. The fourth-order valence-corrected chi connectivity index (χ4v) is 4.59. The van der Waals surface area contributed by atoms with Gasteiger partial charge in [-0.05, 0) is 42.7 Å². The number of piperidine rings is 1. The first-order chi connectivity index (χ1) is 12.6. The van der Waals surface area contributed by atoms with Crippen LogP contribution in [0.25, 0.3) is 0 Å². The fraction of sp³-hybridized carbons (Fsp3) is 0.737. The third-order valence-electron chi connectivity index (χ3n) is 5.20. The van der Waals surface area contributed by atoms with Gasteiger partial charge in [0.05, 0.1) is 12.7 Å². The van der Waals surface area contributed by atoms with Gasteiger partial charge in [0.2, 0.25) is 12.3 Å². The Hall–Kier alpha value is -1.05. The lowest BCUT2D eigenvalue weighted by Gasteiger charge is -2.32. The number of hydrogen-bond donors (Lipinski definition) is 0. The van der Waals surface area contributed by atoms with Crippen LogP contribution in [0.3, 0.4) is 0 Å². The molecule has 2 aliphatic heterocycles. The molecule has 3 rings (SSSR count). The van der Waals surface area contributed by atoms with E-state index < -0.39 is 6.43 Å². The summed E-state index contributed by atoms with van der Waals surface area (Å²) in [5, 5.41) is 1.96. The lowest BCUT2D eigenvalue weighted by Crippen LogP contribution is -2.41. The Morgan fingerprint density at radius 2 is 2.04 bits per heavy atom. The largest absolute Gasteiger partial charge is 0.378 e. The van der Waals surface area contributed by atoms with Crippen molar-refractivity contribution in [3.05, 3.63) is 21.9 Å². The lowest BCUT2D eigenvalue weighted by molar-refractivity contribution is -0.127. The van der Waals surface area contributed by atoms with Gasteiger partial charge in [-0.15, -0.1) is 11.3 Å². The highest BCUT2D eigenvalue weighted by atomic mass is 32.1. The minimum Gasteiger partial charge on any atom is -0.378 e. The molecule has 1 amide bonds. The van der Waals surface area contributed by atoms with E-state index in [9.17, 15) is 13.6 Å². The number of thiophene rings is 1. The van der Waals surface area contributed by atoms with Crippen molar-refractivity contribution in [3.63, 3.8) is 0 Å². The summed E-state index contributed by atoms with van der Waals surface area (Å²) in [6.45, 7) is 5.41. The molecular weight excluding hydrogens is 358 g/mol. The number of alkyl halides is 2. The van der Waals surface area contributed by atoms with Gasteiger partial charge in [-0.2, -0.15) is 0 Å². The van der Waals surface area contributed by atoms with Gasteiger partial charge in [-0.3, -0.25) is 4.79 Å². The number of nitrogens with zero attached hydrogens (tertiary/aromatic N) is 2. The van der Waals surface area contributed by atoms with E-state index in [2.05, 4.69) is 4.90 Å². The molecule has 3 heterocycles. The first kappa shape index (κ1) is 19.7. The van der Waals surface area contributed by atoms with Gasteiger partial charge in [-0.25, -0.2) is 8.78 Å². The van der Waals surface area contributed by atoms with Crippen molar-refractivity contribution < 1.29 is 18.3 Å². The quantitative estimate of drug-likeness (QED) is 0.653. The van der Waals surface area contributed by atoms with Crippen LogP contribution in [0, 0.1) is 0 Å². The first-order valence-corrected chi connectivity index (χ1v) is 10.4. The number of likely N-dealkylation sites (tertiary alicyclic amines) is 2. The maximum atomic E-state index is 12.4. The van der Waals surface area contributed by atoms with Crippen LogP contribution in [0.4, 0.5) is 8.78 Å². The van der Waals surface area contributed by atoms with Gasteiger partial charge in [0.1, 0.15) is 0 Å². The molecule has 2 saturated heterocycles. The third kappa shape index (κ3) is 5.99. The molecule has 0 saturated carbocycles. The van der Waals surface area contributed by atoms with Crippen LogP contribution < -0.4 is 0 Å². The van der Waals surface area contributed by atoms with Gasteiger partial charge < -0.3 is 14.5 Å². The number of ether oxygens (including phenoxy) is 1. The Balaban J connectivity index is 1.28. The minimum absolute atomic E-state index is 0.146. The van der Waals surface area contributed by atoms with Crippen LogP contribution in [0.5, 0.6) is 0 Å². The fourth-order valence-electron chi connectivity index (χ4n) is 3.66. The summed E-state index contributed by atoms with van der Waals surface area (Å²) in [6.07, 6.45) is 2.42. The molecular formula is C19H28F2N2O2S. The second kappa shape index (κ2) is 9.76. The van der Waals surface area contributed by atoms with E-state index in [1.165, 1.54) is 11.3 Å². The summed E-state index contributed by atoms with van der Waals surface area (Å²) in [4.78, 5) is 16.8. The smallest absolute Gasteiger partial charge is 0.243 e. The normalized spacial score (nSPS) is 19.8. The van der Waals surface area contributed by atoms with Crippen molar-refractivity contribution in [1.82, 2.24) is 9.80 Å². The standard InChI is InChI=1S/C19H28F2N2O2S/c20-18(21)13-17-12-15(14-26-17)5-11-25-16-3-7-22(8-4-16)9-10-23-6-1-2-19(23)24/h12,14,16,18H,1-11,13H2. The van der Waals surface area contributed by atoms with Crippen LogP contribution in [0.2, 0.25) is 0 Å². The molecule has 4 nitrogen and oxygen atoms in total. The van der Waals surface area contributed by atoms with Crippen LogP contribution in [-0.4, -0.2) is 67.6 Å². The molecule has 0 atom stereocenters. The molecule has 0 unspecified atom stereocenters. The summed E-state index contributed by atoms with van der Waals surface area (Å²) in [7, 11) is 0. The van der Waals surface area contributed by atoms with E-state index in [4.69, 9.17) is 4.74 Å². The molecule has 0 aliphatic carbocycles. The molecule has 0 radical (unpaired) electrons. The van der Waals surface area contributed by atoms with Gasteiger partial charge in [0.25, 0.3) is 0 Å². The zero-order valence-electron chi connectivity index (χ0n) is 15.2. The Bertz CT molecular complexity index is 574. The number of carbonyl (C=O) groups excluding carboxylic acids is 1. The predicted molar refractivity (Wildman–Crippen MR) is 99.0 cm³/mol. The van der Waals surface area contributed by atoms with E-state index >= 15 is 0 Å². The summed E-state index contributed by atoms with van der Waals surface area (Å²) in [6, 6.07) is 1.88. The Labute approximate surface area is 158 Å². The summed E-state index contributed by atoms with van der Waals surface area (Å²) >= 11 is 1.41. The Morgan fingerprint density at radius 1 is 1.23 bits per heavy atom. The van der Waals surface area contributed by atoms with Gasteiger partial charge in [0.15, 0.2) is 0 Å². The van der Waals surface area contributed by atoms with Crippen molar-refractivity contribution in [1.29, 1.82) is 0 Å². The Kier molecular flexibility index (Phi) is 7.40. The number of amides is 1. The second-order valence-electron chi connectivity index (χ2n) is 7.16. The maximum Gasteiger partial charge on any atom is 0.243 e. The van der Waals surface area contributed by atoms with Gasteiger partial charge in [-0.1, -0.05) is 0 Å². The predicted octanol–water partition coefficient (Wildman–Crippen LogP) is 3.20. The van der Waals surface area contributed by atoms with Crippen molar-refractivity contribution in [2.24, 2.45) is 0 Å². The van der Waals surface area contributed by atoms with Crippen LogP contribution >= 0.6 is 11.3 Å². The Morgan fingerprint density at radius 3 is 2.73 bits per heavy atom. The van der Waals surface area contributed by atoms with Crippen molar-refractivity contribution >= 4 is 17.2 Å². The molecule has 1 aromatic rings. The van der Waals surface area contributed by atoms with E-state index in [1.54, 1.807) is 0 Å². The van der Waals surface area contributed by atoms with Crippen LogP contribution in [0.15, 0.2) is 11.4 Å². The highest BCUT2D eigenvalue weighted by Crippen LogP contribution is 2.20. The minimum atomic E-state index is -2.27. The molecule has 0 aromatic carbocycles. The highest BCUT2D eigenvalue weighted by molar-refractivity contribution is 7.10. The van der Waals surface area contributed by atoms with Gasteiger partial charge >= 0.3 is 0 Å². The number of carbonyl (C=O) groups is 1. The van der Waals surface area contributed by atoms with Crippen molar-refractivity contribution in [2.45, 2.75) is 51.1 Å². The maximum absolute atomic E-state index is 12.4. The van der Waals surface area contributed by atoms with E-state index in [0.717, 1.165) is 68.8 Å². The van der Waals surface area contributed by atoms with Gasteiger partial charge in [0, 0.05) is 50.4 Å². The monoisotopic (exact) mass is 386 g/mol. The zero-order chi connectivity index (χ0) is 18.4. The third-order valence-corrected chi connectivity index (χ3v) is 6.21. The summed E-state index contributed by atoms with van der Waals surface area (Å²) < 4.78 is 30.7. The molecule has 0 spiro atoms. The summed E-state index contributed by atoms with van der Waals surface area (Å²) in [5.41, 5.74) is 1.10. The van der Waals surface area contributed by atoms with Crippen LogP contribution in [0.1, 0.15) is 36.1 Å². The highest BCUT2D eigenvalue weighted by Gasteiger charge is 2.23. The van der Waals surface area contributed by atoms with Crippen molar-refractivity contribution in [2.75, 3.05) is 39.3 Å². The average molecular weight is 387 g/mol. The number of rotatable bonds is 9. The topological polar surface area (TPSA) is 32.8 Å². The lowest BCUT2D eigenvalue weighted by atomic mass is 10.1. The van der Waals surface area contributed by atoms with E-state index in [0.29, 0.717) is 25.0 Å². The second-order valence-corrected chi connectivity index (χ2v) is 8.16. The molecule has 0 N–H and O–H groups in total. The molecule has 2 aliphatic rings. The van der Waals surface area contributed by atoms with E-state index in [-0.39, 0.29) is 6.42 Å². The molecule has 146 valence electrons.